The fraction of sp³-hybridized carbons (Fsp3) is 0.300. The standard InChI is InChI=1S/C10H15NO/c1-6-9(10(12)11-5)8(4)7(2)3/h6H,1-2H2,3-5H3,(H,11,12)/b9-8+. The van der Waals surface area contributed by atoms with Crippen molar-refractivity contribution >= 4 is 5.91 Å². The van der Waals surface area contributed by atoms with Crippen LogP contribution in [0.3, 0.4) is 0 Å². The van der Waals surface area contributed by atoms with E-state index >= 15 is 0 Å². The number of hydrogen-bond donors (Lipinski definition) is 1. The molecule has 0 aliphatic heterocycles. The molecule has 2 nitrogen and oxygen atoms in total. The van der Waals surface area contributed by atoms with Crippen LogP contribution in [0.2, 0.25) is 0 Å². The van der Waals surface area contributed by atoms with Gasteiger partial charge >= 0.3 is 0 Å². The predicted molar refractivity (Wildman–Crippen MR) is 51.8 cm³/mol. The molecule has 0 bridgehead atoms. The van der Waals surface area contributed by atoms with Crippen molar-refractivity contribution in [2.24, 2.45) is 0 Å². The Hall–Kier alpha value is -1.31. The minimum atomic E-state index is -0.120. The molecule has 0 aromatic heterocycles. The van der Waals surface area contributed by atoms with Crippen molar-refractivity contribution < 1.29 is 4.79 Å². The second-order valence-electron chi connectivity index (χ2n) is 2.60. The molecule has 1 amide bonds. The first kappa shape index (κ1) is 10.7. The summed E-state index contributed by atoms with van der Waals surface area (Å²) >= 11 is 0. The summed E-state index contributed by atoms with van der Waals surface area (Å²) in [5, 5.41) is 2.54. The van der Waals surface area contributed by atoms with E-state index in [1.165, 1.54) is 0 Å². The molecule has 0 rings (SSSR count). The molecule has 0 aliphatic carbocycles. The second-order valence-corrected chi connectivity index (χ2v) is 2.60. The minimum Gasteiger partial charge on any atom is -0.355 e. The zero-order chi connectivity index (χ0) is 9.72. The van der Waals surface area contributed by atoms with Crippen molar-refractivity contribution in [3.8, 4) is 0 Å². The molecule has 0 fully saturated rings. The molecule has 0 heterocycles. The van der Waals surface area contributed by atoms with Crippen LogP contribution in [0.1, 0.15) is 13.8 Å². The van der Waals surface area contributed by atoms with E-state index in [1.54, 1.807) is 13.1 Å². The van der Waals surface area contributed by atoms with Crippen molar-refractivity contribution in [1.29, 1.82) is 0 Å². The molecule has 12 heavy (non-hydrogen) atoms. The highest BCUT2D eigenvalue weighted by molar-refractivity contribution is 5.97. The highest BCUT2D eigenvalue weighted by atomic mass is 16.1. The number of allylic oxidation sites excluding steroid dienone is 2. The molecule has 0 spiro atoms. The molecule has 0 saturated carbocycles. The maximum atomic E-state index is 11.2. The first-order chi connectivity index (χ1) is 5.54. The summed E-state index contributed by atoms with van der Waals surface area (Å²) in [6, 6.07) is 0. The van der Waals surface area contributed by atoms with Crippen LogP contribution in [-0.4, -0.2) is 13.0 Å². The quantitative estimate of drug-likeness (QED) is 0.501. The fourth-order valence-electron chi connectivity index (χ4n) is 0.781. The van der Waals surface area contributed by atoms with Gasteiger partial charge in [0.2, 0.25) is 0 Å². The van der Waals surface area contributed by atoms with Crippen LogP contribution in [0.25, 0.3) is 0 Å². The summed E-state index contributed by atoms with van der Waals surface area (Å²) in [5.41, 5.74) is 2.35. The summed E-state index contributed by atoms with van der Waals surface area (Å²) in [4.78, 5) is 11.2. The van der Waals surface area contributed by atoms with Gasteiger partial charge in [0.25, 0.3) is 5.91 Å². The lowest BCUT2D eigenvalue weighted by Gasteiger charge is -2.05. The Balaban J connectivity index is 4.99. The maximum absolute atomic E-state index is 11.2. The van der Waals surface area contributed by atoms with Crippen LogP contribution in [0.15, 0.2) is 36.0 Å². The van der Waals surface area contributed by atoms with Gasteiger partial charge in [0.05, 0.1) is 0 Å². The molecule has 2 heteroatoms. The average Bonchev–Trinajstić information content (AvgIpc) is 2.05. The Labute approximate surface area is 73.7 Å². The minimum absolute atomic E-state index is 0.120. The molecule has 0 aliphatic rings. The molecule has 0 aromatic rings. The van der Waals surface area contributed by atoms with E-state index in [1.807, 2.05) is 13.8 Å². The van der Waals surface area contributed by atoms with Gasteiger partial charge < -0.3 is 5.32 Å². The first-order valence-electron chi connectivity index (χ1n) is 3.75. The van der Waals surface area contributed by atoms with Crippen LogP contribution >= 0.6 is 0 Å². The Morgan fingerprint density at radius 3 is 2.17 bits per heavy atom. The summed E-state index contributed by atoms with van der Waals surface area (Å²) < 4.78 is 0. The Morgan fingerprint density at radius 1 is 1.42 bits per heavy atom. The average molecular weight is 165 g/mol. The Bertz CT molecular complexity index is 249. The van der Waals surface area contributed by atoms with Crippen molar-refractivity contribution in [3.63, 3.8) is 0 Å². The van der Waals surface area contributed by atoms with Crippen molar-refractivity contribution in [3.05, 3.63) is 36.0 Å². The highest BCUT2D eigenvalue weighted by Crippen LogP contribution is 2.12. The van der Waals surface area contributed by atoms with E-state index < -0.39 is 0 Å². The summed E-state index contributed by atoms with van der Waals surface area (Å²) in [6.07, 6.45) is 1.54. The SMILES string of the molecule is C=C/C(C(=O)NC)=C(/C)C(=C)C. The third-order valence-corrected chi connectivity index (χ3v) is 1.72. The molecule has 0 saturated heterocycles. The van der Waals surface area contributed by atoms with Crippen LogP contribution in [0.4, 0.5) is 0 Å². The van der Waals surface area contributed by atoms with E-state index in [0.29, 0.717) is 5.57 Å². The van der Waals surface area contributed by atoms with E-state index in [4.69, 9.17) is 0 Å². The van der Waals surface area contributed by atoms with Gasteiger partial charge in [0, 0.05) is 12.6 Å². The molecule has 0 radical (unpaired) electrons. The maximum Gasteiger partial charge on any atom is 0.251 e. The zero-order valence-electron chi connectivity index (χ0n) is 7.90. The molecule has 1 N–H and O–H groups in total. The first-order valence-corrected chi connectivity index (χ1v) is 3.75. The number of rotatable bonds is 3. The lowest BCUT2D eigenvalue weighted by molar-refractivity contribution is -0.116. The summed E-state index contributed by atoms with van der Waals surface area (Å²) in [5.74, 6) is -0.120. The van der Waals surface area contributed by atoms with Crippen molar-refractivity contribution in [2.75, 3.05) is 7.05 Å². The summed E-state index contributed by atoms with van der Waals surface area (Å²) in [7, 11) is 1.59. The van der Waals surface area contributed by atoms with Crippen molar-refractivity contribution in [2.45, 2.75) is 13.8 Å². The third-order valence-electron chi connectivity index (χ3n) is 1.72. The van der Waals surface area contributed by atoms with Crippen LogP contribution in [0.5, 0.6) is 0 Å². The number of carbonyl (C=O) groups is 1. The fourth-order valence-corrected chi connectivity index (χ4v) is 0.781. The number of likely N-dealkylation sites (N-methyl/N-ethyl adjacent to an activating group) is 1. The van der Waals surface area contributed by atoms with E-state index in [2.05, 4.69) is 18.5 Å². The predicted octanol–water partition coefficient (Wildman–Crippen LogP) is 1.81. The molecule has 66 valence electrons. The van der Waals surface area contributed by atoms with Gasteiger partial charge in [0.1, 0.15) is 0 Å². The van der Waals surface area contributed by atoms with Gasteiger partial charge in [-0.25, -0.2) is 0 Å². The van der Waals surface area contributed by atoms with E-state index in [0.717, 1.165) is 11.1 Å². The Morgan fingerprint density at radius 2 is 1.92 bits per heavy atom. The van der Waals surface area contributed by atoms with Crippen LogP contribution < -0.4 is 5.32 Å². The van der Waals surface area contributed by atoms with Gasteiger partial charge in [-0.15, -0.1) is 0 Å². The number of amides is 1. The highest BCUT2D eigenvalue weighted by Gasteiger charge is 2.06. The van der Waals surface area contributed by atoms with Gasteiger partial charge in [-0.1, -0.05) is 24.8 Å². The van der Waals surface area contributed by atoms with Crippen LogP contribution in [0, 0.1) is 0 Å². The normalized spacial score (nSPS) is 11.6. The van der Waals surface area contributed by atoms with Gasteiger partial charge in [-0.3, -0.25) is 4.79 Å². The molecule has 0 unspecified atom stereocenters. The zero-order valence-corrected chi connectivity index (χ0v) is 7.90. The lowest BCUT2D eigenvalue weighted by atomic mass is 10.0. The smallest absolute Gasteiger partial charge is 0.251 e. The molecule has 0 aromatic carbocycles. The topological polar surface area (TPSA) is 29.1 Å². The van der Waals surface area contributed by atoms with Gasteiger partial charge in [-0.05, 0) is 19.4 Å². The van der Waals surface area contributed by atoms with Crippen molar-refractivity contribution in [1.82, 2.24) is 5.32 Å². The molecule has 0 atom stereocenters. The number of carbonyl (C=O) groups excluding carboxylic acids is 1. The Kier molecular flexibility index (Phi) is 4.05. The monoisotopic (exact) mass is 165 g/mol. The molecular weight excluding hydrogens is 150 g/mol. The molecular formula is C10H15NO. The number of nitrogens with one attached hydrogen (secondary N) is 1. The van der Waals surface area contributed by atoms with Gasteiger partial charge in [-0.2, -0.15) is 0 Å². The van der Waals surface area contributed by atoms with E-state index in [-0.39, 0.29) is 5.91 Å². The van der Waals surface area contributed by atoms with Crippen LogP contribution in [-0.2, 0) is 4.79 Å². The lowest BCUT2D eigenvalue weighted by Crippen LogP contribution is -2.20. The second kappa shape index (κ2) is 4.54. The largest absolute Gasteiger partial charge is 0.355 e. The third kappa shape index (κ3) is 2.38. The van der Waals surface area contributed by atoms with Gasteiger partial charge in [0.15, 0.2) is 0 Å². The van der Waals surface area contributed by atoms with E-state index in [9.17, 15) is 4.79 Å². The number of hydrogen-bond acceptors (Lipinski definition) is 1. The summed E-state index contributed by atoms with van der Waals surface area (Å²) in [6.45, 7) is 11.0.